The summed E-state index contributed by atoms with van der Waals surface area (Å²) in [6, 6.07) is 3.16. The van der Waals surface area contributed by atoms with E-state index in [0.29, 0.717) is 10.7 Å². The average molecular weight is 235 g/mol. The standard InChI is InChI=1S/C9H6ClF3N2/c10-7-2-1-3-15-6(4-9(11,12)13)5-14-8(7)15/h1-3,5H,4H2. The summed E-state index contributed by atoms with van der Waals surface area (Å²) in [6.45, 7) is 0. The molecule has 2 aromatic heterocycles. The largest absolute Gasteiger partial charge is 0.394 e. The second-order valence-electron chi connectivity index (χ2n) is 3.09. The number of aromatic nitrogens is 2. The molecule has 0 N–H and O–H groups in total. The quantitative estimate of drug-likeness (QED) is 0.741. The smallest absolute Gasteiger partial charge is 0.303 e. The molecule has 0 aliphatic carbocycles. The van der Waals surface area contributed by atoms with Crippen molar-refractivity contribution in [1.82, 2.24) is 9.38 Å². The van der Waals surface area contributed by atoms with Crippen molar-refractivity contribution in [2.45, 2.75) is 12.6 Å². The lowest BCUT2D eigenvalue weighted by molar-refractivity contribution is -0.127. The van der Waals surface area contributed by atoms with Gasteiger partial charge in [-0.05, 0) is 12.1 Å². The molecule has 0 fully saturated rings. The van der Waals surface area contributed by atoms with Gasteiger partial charge in [0.2, 0.25) is 0 Å². The predicted molar refractivity (Wildman–Crippen MR) is 50.0 cm³/mol. The molecular weight excluding hydrogens is 229 g/mol. The first kappa shape index (κ1) is 10.3. The van der Waals surface area contributed by atoms with Gasteiger partial charge in [-0.25, -0.2) is 4.98 Å². The van der Waals surface area contributed by atoms with Gasteiger partial charge in [0.05, 0.1) is 17.1 Å². The first-order valence-electron chi connectivity index (χ1n) is 4.14. The van der Waals surface area contributed by atoms with Gasteiger partial charge in [0.15, 0.2) is 5.65 Å². The second kappa shape index (κ2) is 3.41. The maximum absolute atomic E-state index is 12.2. The SMILES string of the molecule is FC(F)(F)Cc1cnc2c(Cl)cccn12. The fourth-order valence-corrected chi connectivity index (χ4v) is 1.58. The topological polar surface area (TPSA) is 17.3 Å². The van der Waals surface area contributed by atoms with Crippen molar-refractivity contribution in [2.24, 2.45) is 0 Å². The highest BCUT2D eigenvalue weighted by atomic mass is 35.5. The van der Waals surface area contributed by atoms with Crippen LogP contribution in [0.4, 0.5) is 13.2 Å². The van der Waals surface area contributed by atoms with Crippen molar-refractivity contribution < 1.29 is 13.2 Å². The molecule has 0 saturated heterocycles. The first-order chi connectivity index (χ1) is 6.97. The Kier molecular flexibility index (Phi) is 2.34. The number of pyridine rings is 1. The zero-order valence-corrected chi connectivity index (χ0v) is 8.18. The van der Waals surface area contributed by atoms with E-state index in [9.17, 15) is 13.2 Å². The van der Waals surface area contributed by atoms with Gasteiger partial charge < -0.3 is 4.40 Å². The average Bonchev–Trinajstić information content (AvgIpc) is 2.48. The lowest BCUT2D eigenvalue weighted by Crippen LogP contribution is -2.13. The summed E-state index contributed by atoms with van der Waals surface area (Å²) in [5.74, 6) is 0. The third-order valence-electron chi connectivity index (χ3n) is 1.95. The van der Waals surface area contributed by atoms with Crippen LogP contribution < -0.4 is 0 Å². The van der Waals surface area contributed by atoms with Crippen molar-refractivity contribution in [3.8, 4) is 0 Å². The van der Waals surface area contributed by atoms with E-state index in [2.05, 4.69) is 4.98 Å². The van der Waals surface area contributed by atoms with Crippen LogP contribution in [0, 0.1) is 0 Å². The van der Waals surface area contributed by atoms with Crippen molar-refractivity contribution in [1.29, 1.82) is 0 Å². The van der Waals surface area contributed by atoms with Crippen LogP contribution in [0.25, 0.3) is 5.65 Å². The molecule has 0 aliphatic heterocycles. The molecule has 0 unspecified atom stereocenters. The molecule has 0 spiro atoms. The van der Waals surface area contributed by atoms with E-state index in [1.807, 2.05) is 0 Å². The summed E-state index contributed by atoms with van der Waals surface area (Å²) < 4.78 is 37.9. The van der Waals surface area contributed by atoms with E-state index < -0.39 is 12.6 Å². The fourth-order valence-electron chi connectivity index (χ4n) is 1.36. The number of nitrogens with zero attached hydrogens (tertiary/aromatic N) is 2. The summed E-state index contributed by atoms with van der Waals surface area (Å²) in [5, 5.41) is 0.339. The number of alkyl halides is 3. The van der Waals surface area contributed by atoms with E-state index in [1.54, 1.807) is 12.1 Å². The van der Waals surface area contributed by atoms with Crippen molar-refractivity contribution in [2.75, 3.05) is 0 Å². The van der Waals surface area contributed by atoms with Crippen molar-refractivity contribution in [3.05, 3.63) is 35.2 Å². The minimum atomic E-state index is -4.24. The van der Waals surface area contributed by atoms with Crippen LogP contribution in [0.15, 0.2) is 24.5 Å². The highest BCUT2D eigenvalue weighted by molar-refractivity contribution is 6.33. The number of hydrogen-bond acceptors (Lipinski definition) is 1. The third kappa shape index (κ3) is 2.07. The van der Waals surface area contributed by atoms with Gasteiger partial charge in [0.1, 0.15) is 0 Å². The second-order valence-corrected chi connectivity index (χ2v) is 3.50. The molecule has 0 aliphatic rings. The normalized spacial score (nSPS) is 12.3. The van der Waals surface area contributed by atoms with Crippen molar-refractivity contribution in [3.63, 3.8) is 0 Å². The summed E-state index contributed by atoms with van der Waals surface area (Å²) in [5.41, 5.74) is 0.429. The molecule has 2 heterocycles. The van der Waals surface area contributed by atoms with E-state index in [4.69, 9.17) is 11.6 Å². The molecule has 2 rings (SSSR count). The molecule has 0 amide bonds. The van der Waals surface area contributed by atoms with Gasteiger partial charge in [-0.15, -0.1) is 0 Å². The van der Waals surface area contributed by atoms with E-state index >= 15 is 0 Å². The minimum Gasteiger partial charge on any atom is -0.303 e. The molecule has 0 atom stereocenters. The van der Waals surface area contributed by atoms with Crippen LogP contribution in [0.1, 0.15) is 5.69 Å². The Balaban J connectivity index is 2.50. The number of fused-ring (bicyclic) bond motifs is 1. The van der Waals surface area contributed by atoms with Gasteiger partial charge in [0.25, 0.3) is 0 Å². The van der Waals surface area contributed by atoms with Gasteiger partial charge in [0, 0.05) is 12.4 Å². The molecule has 15 heavy (non-hydrogen) atoms. The Labute approximate surface area is 88.3 Å². The van der Waals surface area contributed by atoms with E-state index in [-0.39, 0.29) is 5.69 Å². The number of imidazole rings is 1. The van der Waals surface area contributed by atoms with E-state index in [0.717, 1.165) is 0 Å². The lowest BCUT2D eigenvalue weighted by atomic mass is 10.3. The molecule has 2 nitrogen and oxygen atoms in total. The maximum atomic E-state index is 12.2. The minimum absolute atomic E-state index is 0.0833. The first-order valence-corrected chi connectivity index (χ1v) is 4.52. The summed E-state index contributed by atoms with van der Waals surface area (Å²) in [4.78, 5) is 3.83. The summed E-state index contributed by atoms with van der Waals surface area (Å²) >= 11 is 5.78. The highest BCUT2D eigenvalue weighted by Gasteiger charge is 2.29. The van der Waals surface area contributed by atoms with E-state index in [1.165, 1.54) is 16.8 Å². The number of rotatable bonds is 1. The Bertz CT molecular complexity index is 490. The van der Waals surface area contributed by atoms with Gasteiger partial charge in [-0.3, -0.25) is 0 Å². The van der Waals surface area contributed by atoms with Crippen LogP contribution in [0.5, 0.6) is 0 Å². The summed E-state index contributed by atoms with van der Waals surface area (Å²) in [7, 11) is 0. The Morgan fingerprint density at radius 3 is 2.80 bits per heavy atom. The molecule has 0 radical (unpaired) electrons. The Hall–Kier alpha value is -1.23. The van der Waals surface area contributed by atoms with Crippen LogP contribution in [0.2, 0.25) is 5.02 Å². The van der Waals surface area contributed by atoms with Crippen LogP contribution in [0.3, 0.4) is 0 Å². The lowest BCUT2D eigenvalue weighted by Gasteiger charge is -2.05. The van der Waals surface area contributed by atoms with Crippen LogP contribution >= 0.6 is 11.6 Å². The Morgan fingerprint density at radius 2 is 2.13 bits per heavy atom. The van der Waals surface area contributed by atoms with Crippen LogP contribution in [-0.2, 0) is 6.42 Å². The molecular formula is C9H6ClF3N2. The summed E-state index contributed by atoms with van der Waals surface area (Å²) in [6.07, 6.45) is -2.54. The number of halogens is 4. The molecule has 0 saturated carbocycles. The monoisotopic (exact) mass is 234 g/mol. The molecule has 2 aromatic rings. The predicted octanol–water partition coefficient (Wildman–Crippen LogP) is 3.09. The van der Waals surface area contributed by atoms with Gasteiger partial charge in [-0.1, -0.05) is 11.6 Å². The zero-order valence-electron chi connectivity index (χ0n) is 7.42. The highest BCUT2D eigenvalue weighted by Crippen LogP contribution is 2.23. The zero-order chi connectivity index (χ0) is 11.1. The van der Waals surface area contributed by atoms with Crippen LogP contribution in [-0.4, -0.2) is 15.6 Å². The van der Waals surface area contributed by atoms with Gasteiger partial charge in [-0.2, -0.15) is 13.2 Å². The fraction of sp³-hybridized carbons (Fsp3) is 0.222. The Morgan fingerprint density at radius 1 is 1.40 bits per heavy atom. The van der Waals surface area contributed by atoms with Gasteiger partial charge >= 0.3 is 6.18 Å². The maximum Gasteiger partial charge on any atom is 0.394 e. The third-order valence-corrected chi connectivity index (χ3v) is 2.24. The molecule has 80 valence electrons. The molecule has 0 bridgehead atoms. The number of hydrogen-bond donors (Lipinski definition) is 0. The molecule has 0 aromatic carbocycles. The van der Waals surface area contributed by atoms with Crippen molar-refractivity contribution >= 4 is 17.2 Å². The molecule has 6 heteroatoms.